The highest BCUT2D eigenvalue weighted by atomic mass is 16.6. The molecule has 0 amide bonds. The zero-order chi connectivity index (χ0) is 7.03. The average Bonchev–Trinajstić information content (AvgIpc) is 1.86. The normalized spacial score (nSPS) is 30.2. The average molecular weight is 142 g/mol. The van der Waals surface area contributed by atoms with Crippen molar-refractivity contribution in [2.24, 2.45) is 0 Å². The van der Waals surface area contributed by atoms with E-state index in [-0.39, 0.29) is 11.4 Å². The molecule has 0 aromatic carbocycles. The van der Waals surface area contributed by atoms with Crippen LogP contribution in [-0.4, -0.2) is 31.2 Å². The van der Waals surface area contributed by atoms with Gasteiger partial charge in [-0.25, -0.2) is 0 Å². The van der Waals surface area contributed by atoms with Gasteiger partial charge < -0.3 is 9.47 Å². The topological polar surface area (TPSA) is 35.5 Å². The second kappa shape index (κ2) is 2.04. The molecule has 0 aromatic heterocycles. The Bertz CT molecular complexity index is 148. The molecule has 1 spiro atoms. The minimum atomic E-state index is -0.0616. The van der Waals surface area contributed by atoms with Gasteiger partial charge in [0.25, 0.3) is 0 Å². The Morgan fingerprint density at radius 1 is 1.40 bits per heavy atom. The van der Waals surface area contributed by atoms with E-state index in [4.69, 9.17) is 9.47 Å². The number of carbonyl (C=O) groups excluding carboxylic acids is 1. The van der Waals surface area contributed by atoms with Gasteiger partial charge in [0, 0.05) is 6.42 Å². The van der Waals surface area contributed by atoms with Gasteiger partial charge in [-0.1, -0.05) is 0 Å². The van der Waals surface area contributed by atoms with Crippen molar-refractivity contribution in [3.05, 3.63) is 0 Å². The van der Waals surface area contributed by atoms with Gasteiger partial charge in [-0.15, -0.1) is 0 Å². The molecule has 0 aromatic rings. The molecule has 0 N–H and O–H groups in total. The molecule has 2 saturated heterocycles. The summed E-state index contributed by atoms with van der Waals surface area (Å²) in [6.45, 7) is 1.66. The summed E-state index contributed by atoms with van der Waals surface area (Å²) in [4.78, 5) is 10.7. The molecule has 0 saturated carbocycles. The summed E-state index contributed by atoms with van der Waals surface area (Å²) in [6, 6.07) is 0. The zero-order valence-electron chi connectivity index (χ0n) is 5.76. The van der Waals surface area contributed by atoms with Crippen LogP contribution < -0.4 is 0 Å². The lowest BCUT2D eigenvalue weighted by Crippen LogP contribution is -2.55. The highest BCUT2D eigenvalue weighted by molar-refractivity contribution is 5.80. The summed E-state index contributed by atoms with van der Waals surface area (Å²) in [5, 5.41) is 0. The summed E-state index contributed by atoms with van der Waals surface area (Å²) in [6.07, 6.45) is 1.52. The number of hydrogen-bond donors (Lipinski definition) is 0. The third-order valence-corrected chi connectivity index (χ3v) is 2.13. The molecule has 0 unspecified atom stereocenters. The maximum Gasteiger partial charge on any atom is 0.158 e. The van der Waals surface area contributed by atoms with Gasteiger partial charge in [-0.3, -0.25) is 4.79 Å². The fraction of sp³-hybridized carbons (Fsp3) is 0.857. The van der Waals surface area contributed by atoms with Gasteiger partial charge in [-0.05, 0) is 6.42 Å². The second-order valence-electron chi connectivity index (χ2n) is 3.00. The summed E-state index contributed by atoms with van der Waals surface area (Å²) in [7, 11) is 0. The predicted molar refractivity (Wildman–Crippen MR) is 33.7 cm³/mol. The molecule has 0 bridgehead atoms. The number of carbonyl (C=O) groups is 1. The van der Waals surface area contributed by atoms with Crippen molar-refractivity contribution in [2.75, 3.05) is 19.8 Å². The van der Waals surface area contributed by atoms with Crippen LogP contribution in [0.5, 0.6) is 0 Å². The number of ether oxygens (including phenoxy) is 2. The van der Waals surface area contributed by atoms with Crippen LogP contribution in [0.4, 0.5) is 0 Å². The molecule has 2 aliphatic heterocycles. The van der Waals surface area contributed by atoms with Gasteiger partial charge >= 0.3 is 0 Å². The quantitative estimate of drug-likeness (QED) is 0.482. The first-order chi connectivity index (χ1) is 4.81. The van der Waals surface area contributed by atoms with Crippen molar-refractivity contribution in [1.29, 1.82) is 0 Å². The minimum Gasteiger partial charge on any atom is -0.375 e. The SMILES string of the molecule is O=C1CCC2(COC2)OC1. The Kier molecular flexibility index (Phi) is 1.28. The fourth-order valence-electron chi connectivity index (χ4n) is 1.30. The van der Waals surface area contributed by atoms with E-state index in [1.807, 2.05) is 0 Å². The van der Waals surface area contributed by atoms with Gasteiger partial charge in [0.2, 0.25) is 0 Å². The summed E-state index contributed by atoms with van der Waals surface area (Å²) < 4.78 is 10.4. The molecule has 2 heterocycles. The smallest absolute Gasteiger partial charge is 0.158 e. The van der Waals surface area contributed by atoms with E-state index < -0.39 is 0 Å². The highest BCUT2D eigenvalue weighted by Gasteiger charge is 2.42. The molecule has 2 fully saturated rings. The van der Waals surface area contributed by atoms with E-state index >= 15 is 0 Å². The van der Waals surface area contributed by atoms with Gasteiger partial charge in [0.1, 0.15) is 12.2 Å². The molecular weight excluding hydrogens is 132 g/mol. The largest absolute Gasteiger partial charge is 0.375 e. The number of Topliss-reactive ketones (excluding diaryl/α,β-unsaturated/α-hetero) is 1. The van der Waals surface area contributed by atoms with Gasteiger partial charge in [0.15, 0.2) is 5.78 Å². The Balaban J connectivity index is 1.96. The van der Waals surface area contributed by atoms with Crippen molar-refractivity contribution < 1.29 is 14.3 Å². The van der Waals surface area contributed by atoms with E-state index in [0.29, 0.717) is 26.2 Å². The Morgan fingerprint density at radius 3 is 2.60 bits per heavy atom. The molecule has 10 heavy (non-hydrogen) atoms. The molecule has 3 nitrogen and oxygen atoms in total. The van der Waals surface area contributed by atoms with Crippen molar-refractivity contribution in [1.82, 2.24) is 0 Å². The predicted octanol–water partition coefficient (Wildman–Crippen LogP) is 0.135. The number of hydrogen-bond acceptors (Lipinski definition) is 3. The lowest BCUT2D eigenvalue weighted by atomic mass is 9.92. The van der Waals surface area contributed by atoms with Crippen LogP contribution >= 0.6 is 0 Å². The standard InChI is InChI=1S/C7H10O3/c8-6-1-2-7(10-3-6)4-9-5-7/h1-5H2. The van der Waals surface area contributed by atoms with Crippen molar-refractivity contribution in [3.63, 3.8) is 0 Å². The van der Waals surface area contributed by atoms with E-state index in [0.717, 1.165) is 6.42 Å². The monoisotopic (exact) mass is 142 g/mol. The number of rotatable bonds is 0. The first kappa shape index (κ1) is 6.31. The van der Waals surface area contributed by atoms with E-state index in [1.54, 1.807) is 0 Å². The maximum absolute atomic E-state index is 10.7. The molecule has 56 valence electrons. The Hall–Kier alpha value is -0.410. The summed E-state index contributed by atoms with van der Waals surface area (Å²) >= 11 is 0. The first-order valence-electron chi connectivity index (χ1n) is 3.54. The second-order valence-corrected chi connectivity index (χ2v) is 3.00. The third kappa shape index (κ3) is 0.859. The van der Waals surface area contributed by atoms with Crippen LogP contribution in [0.15, 0.2) is 0 Å². The molecule has 3 heteroatoms. The lowest BCUT2D eigenvalue weighted by molar-refractivity contribution is -0.222. The first-order valence-corrected chi connectivity index (χ1v) is 3.54. The van der Waals surface area contributed by atoms with Crippen molar-refractivity contribution in [2.45, 2.75) is 18.4 Å². The molecule has 0 aliphatic carbocycles. The van der Waals surface area contributed by atoms with E-state index in [2.05, 4.69) is 0 Å². The zero-order valence-corrected chi connectivity index (χ0v) is 5.76. The highest BCUT2D eigenvalue weighted by Crippen LogP contribution is 2.30. The third-order valence-electron chi connectivity index (χ3n) is 2.13. The van der Waals surface area contributed by atoms with Crippen LogP contribution in [0.3, 0.4) is 0 Å². The van der Waals surface area contributed by atoms with E-state index in [9.17, 15) is 4.79 Å². The molecule has 2 rings (SSSR count). The molecule has 2 aliphatic rings. The molecular formula is C7H10O3. The Labute approximate surface area is 59.3 Å². The van der Waals surface area contributed by atoms with Crippen LogP contribution in [0, 0.1) is 0 Å². The maximum atomic E-state index is 10.7. The summed E-state index contributed by atoms with van der Waals surface area (Å²) in [5.74, 6) is 0.220. The fourth-order valence-corrected chi connectivity index (χ4v) is 1.30. The van der Waals surface area contributed by atoms with E-state index in [1.165, 1.54) is 0 Å². The van der Waals surface area contributed by atoms with Gasteiger partial charge in [-0.2, -0.15) is 0 Å². The van der Waals surface area contributed by atoms with Crippen molar-refractivity contribution in [3.8, 4) is 0 Å². The Morgan fingerprint density at radius 2 is 2.20 bits per heavy atom. The van der Waals surface area contributed by atoms with Crippen LogP contribution in [0.1, 0.15) is 12.8 Å². The van der Waals surface area contributed by atoms with Gasteiger partial charge in [0.05, 0.1) is 13.2 Å². The van der Waals surface area contributed by atoms with Crippen LogP contribution in [0.25, 0.3) is 0 Å². The number of ketones is 1. The van der Waals surface area contributed by atoms with Crippen LogP contribution in [0.2, 0.25) is 0 Å². The minimum absolute atomic E-state index is 0.0616. The lowest BCUT2D eigenvalue weighted by Gasteiger charge is -2.43. The van der Waals surface area contributed by atoms with Crippen LogP contribution in [-0.2, 0) is 14.3 Å². The molecule has 0 atom stereocenters. The van der Waals surface area contributed by atoms with Crippen molar-refractivity contribution >= 4 is 5.78 Å². The summed E-state index contributed by atoms with van der Waals surface area (Å²) in [5.41, 5.74) is -0.0616. The molecule has 0 radical (unpaired) electrons.